The van der Waals surface area contributed by atoms with E-state index in [1.54, 1.807) is 13.0 Å². The van der Waals surface area contributed by atoms with Gasteiger partial charge < -0.3 is 10.6 Å². The van der Waals surface area contributed by atoms with Crippen LogP contribution in [0.25, 0.3) is 16.9 Å². The van der Waals surface area contributed by atoms with Gasteiger partial charge >= 0.3 is 6.18 Å². The van der Waals surface area contributed by atoms with Crippen LogP contribution in [0.15, 0.2) is 29.3 Å². The summed E-state index contributed by atoms with van der Waals surface area (Å²) in [4.78, 5) is 9.65. The molecule has 3 aromatic rings. The number of hydrogen-bond acceptors (Lipinski definition) is 8. The number of aromatic nitrogens is 4. The molecule has 1 aliphatic carbocycles. The molecule has 0 amide bonds. The zero-order valence-corrected chi connectivity index (χ0v) is 21.6. The normalized spacial score (nSPS) is 22.2. The summed E-state index contributed by atoms with van der Waals surface area (Å²) in [6.45, 7) is 5.04. The minimum atomic E-state index is -4.82. The molecule has 202 valence electrons. The van der Waals surface area contributed by atoms with Crippen molar-refractivity contribution in [2.45, 2.75) is 62.2 Å². The molecular formula is C24H27F3N8O2S. The average molecular weight is 549 g/mol. The third-order valence-electron chi connectivity index (χ3n) is 7.53. The average Bonchev–Trinajstić information content (AvgIpc) is 3.23. The zero-order valence-electron chi connectivity index (χ0n) is 20.8. The van der Waals surface area contributed by atoms with Gasteiger partial charge in [-0.1, -0.05) is 6.07 Å². The van der Waals surface area contributed by atoms with Crippen LogP contribution in [-0.4, -0.2) is 57.6 Å². The third-order valence-corrected chi connectivity index (χ3v) is 9.17. The Morgan fingerprint density at radius 2 is 1.92 bits per heavy atom. The van der Waals surface area contributed by atoms with Crippen LogP contribution in [0.5, 0.6) is 0 Å². The van der Waals surface area contributed by atoms with Gasteiger partial charge in [0.25, 0.3) is 5.82 Å². The lowest BCUT2D eigenvalue weighted by molar-refractivity contribution is -0.145. The smallest absolute Gasteiger partial charge is 0.380 e. The Labute approximate surface area is 217 Å². The topological polar surface area (TPSA) is 142 Å². The van der Waals surface area contributed by atoms with Gasteiger partial charge in [0, 0.05) is 36.2 Å². The van der Waals surface area contributed by atoms with E-state index < -0.39 is 33.4 Å². The molecule has 0 spiro atoms. The number of nitrogens with zero attached hydrogens (tertiary/aromatic N) is 6. The minimum Gasteiger partial charge on any atom is -0.380 e. The Morgan fingerprint density at radius 1 is 1.24 bits per heavy atom. The number of nitriles is 1. The van der Waals surface area contributed by atoms with Crippen molar-refractivity contribution in [3.8, 4) is 17.3 Å². The molecule has 10 nitrogen and oxygen atoms in total. The monoisotopic (exact) mass is 548 g/mol. The molecule has 2 aliphatic rings. The van der Waals surface area contributed by atoms with Crippen LogP contribution in [-0.2, 0) is 16.2 Å². The largest absolute Gasteiger partial charge is 0.453 e. The van der Waals surface area contributed by atoms with Crippen LogP contribution in [0, 0.1) is 24.2 Å². The summed E-state index contributed by atoms with van der Waals surface area (Å²) in [7, 11) is -3.96. The molecule has 3 heterocycles. The summed E-state index contributed by atoms with van der Waals surface area (Å²) in [5.41, 5.74) is 6.10. The highest BCUT2D eigenvalue weighted by atomic mass is 32.2. The molecule has 1 saturated carbocycles. The minimum absolute atomic E-state index is 0.0226. The lowest BCUT2D eigenvalue weighted by Gasteiger charge is -2.46. The van der Waals surface area contributed by atoms with Crippen molar-refractivity contribution in [2.75, 3.05) is 18.8 Å². The number of anilines is 1. The summed E-state index contributed by atoms with van der Waals surface area (Å²) in [6, 6.07) is 7.12. The number of nitrogen functional groups attached to an aromatic ring is 1. The van der Waals surface area contributed by atoms with Gasteiger partial charge in [0.2, 0.25) is 10.0 Å². The van der Waals surface area contributed by atoms with Crippen molar-refractivity contribution >= 4 is 21.5 Å². The number of alkyl halides is 3. The Balaban J connectivity index is 1.40. The van der Waals surface area contributed by atoms with Gasteiger partial charge in [0.15, 0.2) is 11.5 Å². The highest BCUT2D eigenvalue weighted by Gasteiger charge is 2.40. The SMILES string of the molecule is Cc1ccc(S(=O)(=O)NC2(C)CCN(C3CC(C#N)C3)CC2)cc1-c1cnc2c(N)nc(C(F)(F)F)nn12. The molecule has 0 bridgehead atoms. The summed E-state index contributed by atoms with van der Waals surface area (Å²) < 4.78 is 70.5. The Hall–Kier alpha value is -3.28. The van der Waals surface area contributed by atoms with Gasteiger partial charge in [-0.05, 0) is 57.2 Å². The molecule has 0 radical (unpaired) electrons. The summed E-state index contributed by atoms with van der Waals surface area (Å²) >= 11 is 0. The molecule has 3 N–H and O–H groups in total. The first-order chi connectivity index (χ1) is 17.8. The second kappa shape index (κ2) is 9.18. The zero-order chi connectivity index (χ0) is 27.5. The van der Waals surface area contributed by atoms with Crippen LogP contribution in [0.4, 0.5) is 19.0 Å². The maximum Gasteiger partial charge on any atom is 0.453 e. The van der Waals surface area contributed by atoms with Gasteiger partial charge in [-0.25, -0.2) is 27.6 Å². The molecule has 5 rings (SSSR count). The summed E-state index contributed by atoms with van der Waals surface area (Å²) in [5, 5.41) is 12.6. The second-order valence-corrected chi connectivity index (χ2v) is 12.0. The number of aryl methyl sites for hydroxylation is 1. The molecular weight excluding hydrogens is 521 g/mol. The second-order valence-electron chi connectivity index (χ2n) is 10.3. The lowest BCUT2D eigenvalue weighted by atomic mass is 9.78. The predicted molar refractivity (Wildman–Crippen MR) is 132 cm³/mol. The fourth-order valence-corrected chi connectivity index (χ4v) is 6.60. The highest BCUT2D eigenvalue weighted by Crippen LogP contribution is 2.36. The quantitative estimate of drug-likeness (QED) is 0.495. The summed E-state index contributed by atoms with van der Waals surface area (Å²) in [6.07, 6.45) is -0.592. The first kappa shape index (κ1) is 26.3. The standard InChI is InChI=1S/C24H27F3N8O2S/c1-14-3-4-17(11-18(14)19-13-30-21-20(29)31-22(24(25,26)27)32-35(19)21)38(36,37)33-23(2)5-7-34(8-6-23)16-9-15(10-16)12-28/h3-4,11,13,15-16,33H,5-10H2,1-2H3,(H2,29,31,32). The number of piperidine rings is 1. The van der Waals surface area contributed by atoms with E-state index >= 15 is 0 Å². The van der Waals surface area contributed by atoms with E-state index in [0.717, 1.165) is 30.4 Å². The lowest BCUT2D eigenvalue weighted by Crippen LogP contribution is -2.56. The van der Waals surface area contributed by atoms with Crippen LogP contribution in [0.2, 0.25) is 0 Å². The molecule has 0 atom stereocenters. The first-order valence-corrected chi connectivity index (χ1v) is 13.6. The molecule has 1 saturated heterocycles. The van der Waals surface area contributed by atoms with Gasteiger partial charge in [0.05, 0.1) is 22.9 Å². The molecule has 38 heavy (non-hydrogen) atoms. The van der Waals surface area contributed by atoms with Crippen molar-refractivity contribution in [3.63, 3.8) is 0 Å². The Bertz CT molecular complexity index is 1530. The van der Waals surface area contributed by atoms with E-state index in [9.17, 15) is 21.6 Å². The van der Waals surface area contributed by atoms with Crippen molar-refractivity contribution in [2.24, 2.45) is 5.92 Å². The summed E-state index contributed by atoms with van der Waals surface area (Å²) in [5.74, 6) is -1.75. The highest BCUT2D eigenvalue weighted by molar-refractivity contribution is 7.89. The molecule has 14 heteroatoms. The van der Waals surface area contributed by atoms with E-state index in [1.165, 1.54) is 18.3 Å². The van der Waals surface area contributed by atoms with E-state index in [2.05, 4.69) is 30.8 Å². The van der Waals surface area contributed by atoms with Crippen LogP contribution in [0.1, 0.15) is 44.0 Å². The van der Waals surface area contributed by atoms with Gasteiger partial charge in [-0.2, -0.15) is 18.4 Å². The number of halogens is 3. The van der Waals surface area contributed by atoms with Crippen LogP contribution < -0.4 is 10.5 Å². The molecule has 1 aromatic carbocycles. The molecule has 2 fully saturated rings. The predicted octanol–water partition coefficient (Wildman–Crippen LogP) is 3.14. The number of nitrogens with one attached hydrogen (secondary N) is 1. The van der Waals surface area contributed by atoms with Crippen LogP contribution >= 0.6 is 0 Å². The number of hydrogen-bond donors (Lipinski definition) is 2. The van der Waals surface area contributed by atoms with Gasteiger partial charge in [-0.15, -0.1) is 5.10 Å². The van der Waals surface area contributed by atoms with Crippen LogP contribution in [0.3, 0.4) is 0 Å². The van der Waals surface area contributed by atoms with Gasteiger partial charge in [0.1, 0.15) is 0 Å². The van der Waals surface area contributed by atoms with E-state index in [0.29, 0.717) is 30.0 Å². The fourth-order valence-electron chi connectivity index (χ4n) is 5.11. The molecule has 1 aliphatic heterocycles. The maximum absolute atomic E-state index is 13.4. The Kier molecular flexibility index (Phi) is 6.36. The van der Waals surface area contributed by atoms with Crippen molar-refractivity contribution in [1.29, 1.82) is 5.26 Å². The van der Waals surface area contributed by atoms with Gasteiger partial charge in [-0.3, -0.25) is 0 Å². The van der Waals surface area contributed by atoms with E-state index in [1.807, 2.05) is 6.92 Å². The number of nitrogens with two attached hydrogens (primary N) is 1. The fraction of sp³-hybridized carbons (Fsp3) is 0.500. The van der Waals surface area contributed by atoms with E-state index in [-0.39, 0.29) is 22.2 Å². The number of fused-ring (bicyclic) bond motifs is 1. The number of imidazole rings is 1. The maximum atomic E-state index is 13.4. The Morgan fingerprint density at radius 3 is 2.55 bits per heavy atom. The van der Waals surface area contributed by atoms with Crippen molar-refractivity contribution < 1.29 is 21.6 Å². The number of sulfonamides is 1. The number of benzene rings is 1. The van der Waals surface area contributed by atoms with E-state index in [4.69, 9.17) is 11.0 Å². The first-order valence-electron chi connectivity index (χ1n) is 12.2. The molecule has 0 unspecified atom stereocenters. The molecule has 2 aromatic heterocycles. The number of likely N-dealkylation sites (tertiary alicyclic amines) is 1. The van der Waals surface area contributed by atoms with Crippen molar-refractivity contribution in [3.05, 3.63) is 35.8 Å². The van der Waals surface area contributed by atoms with Crippen molar-refractivity contribution in [1.82, 2.24) is 29.2 Å². The third kappa shape index (κ3) is 4.81. The number of rotatable bonds is 5.